The van der Waals surface area contributed by atoms with Crippen LogP contribution in [0.15, 0.2) is 35.2 Å². The van der Waals surface area contributed by atoms with E-state index in [1.165, 1.54) is 24.7 Å². The third-order valence-corrected chi connectivity index (χ3v) is 5.96. The van der Waals surface area contributed by atoms with Crippen LogP contribution < -0.4 is 4.90 Å². The van der Waals surface area contributed by atoms with E-state index in [0.29, 0.717) is 36.3 Å². The summed E-state index contributed by atoms with van der Waals surface area (Å²) in [4.78, 5) is 25.8. The molecular weight excluding hydrogens is 470 g/mol. The van der Waals surface area contributed by atoms with Crippen LogP contribution >= 0.6 is 12.4 Å². The standard InChI is InChI=1S/C22H20F2N6O3.ClH/c1-12-27-22(28-33-12)29-6-4-15(5-7-29)30-10-17(24)19-18(25-11-26-20(19)30)9-13-2-3-14(21(31)32)8-16(13)23;/h2-3,8,10-11,15H,4-7,9H2,1H3,(H,31,32);1H. The molecule has 178 valence electrons. The normalized spacial score (nSPS) is 14.4. The lowest BCUT2D eigenvalue weighted by Crippen LogP contribution is -2.35. The quantitative estimate of drug-likeness (QED) is 0.447. The van der Waals surface area contributed by atoms with Gasteiger partial charge in [0.25, 0.3) is 5.95 Å². The fourth-order valence-electron chi connectivity index (χ4n) is 4.28. The maximum atomic E-state index is 15.0. The van der Waals surface area contributed by atoms with Crippen molar-refractivity contribution in [1.29, 1.82) is 0 Å². The molecule has 0 radical (unpaired) electrons. The summed E-state index contributed by atoms with van der Waals surface area (Å²) in [5.74, 6) is -1.31. The molecule has 1 aromatic carbocycles. The van der Waals surface area contributed by atoms with Gasteiger partial charge in [0, 0.05) is 38.7 Å². The number of anilines is 1. The predicted octanol–water partition coefficient (Wildman–Crippen LogP) is 3.95. The molecule has 4 heterocycles. The minimum atomic E-state index is -1.21. The van der Waals surface area contributed by atoms with Gasteiger partial charge in [0.1, 0.15) is 17.8 Å². The lowest BCUT2D eigenvalue weighted by atomic mass is 10.0. The molecule has 0 spiro atoms. The number of aromatic carboxylic acids is 1. The third kappa shape index (κ3) is 4.30. The topological polar surface area (TPSA) is 110 Å². The van der Waals surface area contributed by atoms with Crippen molar-refractivity contribution in [3.05, 3.63) is 65.1 Å². The van der Waals surface area contributed by atoms with E-state index in [-0.39, 0.29) is 41.4 Å². The molecule has 1 aliphatic heterocycles. The first-order valence-corrected chi connectivity index (χ1v) is 10.5. The second kappa shape index (κ2) is 9.34. The summed E-state index contributed by atoms with van der Waals surface area (Å²) in [5.41, 5.74) is 0.881. The summed E-state index contributed by atoms with van der Waals surface area (Å²) in [6, 6.07) is 3.68. The molecule has 0 amide bonds. The number of benzene rings is 1. The highest BCUT2D eigenvalue weighted by molar-refractivity contribution is 5.87. The highest BCUT2D eigenvalue weighted by Gasteiger charge is 2.26. The van der Waals surface area contributed by atoms with Crippen LogP contribution in [0.1, 0.15) is 46.4 Å². The maximum absolute atomic E-state index is 15.0. The van der Waals surface area contributed by atoms with Crippen LogP contribution in [0.2, 0.25) is 0 Å². The summed E-state index contributed by atoms with van der Waals surface area (Å²) in [6.45, 7) is 3.11. The molecule has 5 rings (SSSR count). The van der Waals surface area contributed by atoms with Gasteiger partial charge in [-0.15, -0.1) is 12.4 Å². The Balaban J connectivity index is 0.00000274. The van der Waals surface area contributed by atoms with Crippen LogP contribution in [0.3, 0.4) is 0 Å². The molecule has 1 aliphatic rings. The average Bonchev–Trinajstić information content (AvgIpc) is 3.39. The van der Waals surface area contributed by atoms with Crippen molar-refractivity contribution >= 4 is 35.4 Å². The van der Waals surface area contributed by atoms with Crippen molar-refractivity contribution < 1.29 is 23.2 Å². The number of rotatable bonds is 5. The monoisotopic (exact) mass is 490 g/mol. The summed E-state index contributed by atoms with van der Waals surface area (Å²) >= 11 is 0. The molecule has 1 N–H and O–H groups in total. The van der Waals surface area contributed by atoms with Crippen LogP contribution in [0.25, 0.3) is 11.0 Å². The van der Waals surface area contributed by atoms with Crippen LogP contribution in [0, 0.1) is 18.6 Å². The van der Waals surface area contributed by atoms with Gasteiger partial charge >= 0.3 is 5.97 Å². The number of fused-ring (bicyclic) bond motifs is 1. The van der Waals surface area contributed by atoms with Crippen LogP contribution in [0.5, 0.6) is 0 Å². The average molecular weight is 491 g/mol. The van der Waals surface area contributed by atoms with Crippen molar-refractivity contribution in [2.45, 2.75) is 32.2 Å². The predicted molar refractivity (Wildman–Crippen MR) is 120 cm³/mol. The van der Waals surface area contributed by atoms with Gasteiger partial charge in [-0.1, -0.05) is 6.07 Å². The number of piperidine rings is 1. The van der Waals surface area contributed by atoms with Gasteiger partial charge in [0.2, 0.25) is 5.89 Å². The number of aromatic nitrogens is 5. The molecular formula is C22H21ClF2N6O3. The molecule has 0 saturated carbocycles. The second-order valence-corrected chi connectivity index (χ2v) is 8.02. The fraction of sp³-hybridized carbons (Fsp3) is 0.318. The molecule has 0 aliphatic carbocycles. The number of hydrogen-bond donors (Lipinski definition) is 1. The molecule has 4 aromatic rings. The molecule has 1 saturated heterocycles. The van der Waals surface area contributed by atoms with Crippen molar-refractivity contribution in [1.82, 2.24) is 24.7 Å². The smallest absolute Gasteiger partial charge is 0.335 e. The zero-order chi connectivity index (χ0) is 23.1. The van der Waals surface area contributed by atoms with Gasteiger partial charge < -0.3 is 19.1 Å². The number of carboxylic acid groups (broad SMARTS) is 1. The van der Waals surface area contributed by atoms with E-state index in [9.17, 15) is 9.18 Å². The van der Waals surface area contributed by atoms with E-state index in [0.717, 1.165) is 18.9 Å². The van der Waals surface area contributed by atoms with E-state index in [2.05, 4.69) is 20.1 Å². The molecule has 12 heteroatoms. The zero-order valence-corrected chi connectivity index (χ0v) is 18.9. The van der Waals surface area contributed by atoms with Crippen LogP contribution in [-0.4, -0.2) is 48.8 Å². The van der Waals surface area contributed by atoms with Gasteiger partial charge in [-0.05, 0) is 35.7 Å². The fourth-order valence-corrected chi connectivity index (χ4v) is 4.28. The van der Waals surface area contributed by atoms with E-state index in [4.69, 9.17) is 9.63 Å². The number of carboxylic acids is 1. The van der Waals surface area contributed by atoms with Crippen LogP contribution in [-0.2, 0) is 6.42 Å². The Morgan fingerprint density at radius 2 is 1.97 bits per heavy atom. The van der Waals surface area contributed by atoms with E-state index < -0.39 is 17.6 Å². The minimum Gasteiger partial charge on any atom is -0.478 e. The molecule has 9 nitrogen and oxygen atoms in total. The number of aryl methyl sites for hydroxylation is 1. The lowest BCUT2D eigenvalue weighted by molar-refractivity contribution is 0.0696. The highest BCUT2D eigenvalue weighted by Crippen LogP contribution is 2.31. The Bertz CT molecular complexity index is 1350. The summed E-state index contributed by atoms with van der Waals surface area (Å²) in [5, 5.41) is 13.2. The van der Waals surface area contributed by atoms with Gasteiger partial charge in [-0.25, -0.2) is 23.5 Å². The molecule has 0 atom stereocenters. The Morgan fingerprint density at radius 3 is 2.62 bits per heavy atom. The van der Waals surface area contributed by atoms with Crippen molar-refractivity contribution in [3.8, 4) is 0 Å². The Hall–Kier alpha value is -3.60. The Kier molecular flexibility index (Phi) is 6.47. The molecule has 0 unspecified atom stereocenters. The van der Waals surface area contributed by atoms with Gasteiger partial charge in [-0.2, -0.15) is 4.98 Å². The van der Waals surface area contributed by atoms with Crippen LogP contribution in [0.4, 0.5) is 14.7 Å². The van der Waals surface area contributed by atoms with E-state index in [1.54, 1.807) is 6.92 Å². The molecule has 34 heavy (non-hydrogen) atoms. The SMILES string of the molecule is Cc1nc(N2CCC(n3cc(F)c4c(Cc5ccc(C(=O)O)cc5F)ncnc43)CC2)no1.Cl. The zero-order valence-electron chi connectivity index (χ0n) is 18.1. The summed E-state index contributed by atoms with van der Waals surface area (Å²) < 4.78 is 36.3. The molecule has 1 fully saturated rings. The number of carbonyl (C=O) groups is 1. The van der Waals surface area contributed by atoms with Gasteiger partial charge in [0.05, 0.1) is 16.6 Å². The van der Waals surface area contributed by atoms with Crippen molar-refractivity contribution in [3.63, 3.8) is 0 Å². The lowest BCUT2D eigenvalue weighted by Gasteiger charge is -2.31. The number of hydrogen-bond acceptors (Lipinski definition) is 7. The van der Waals surface area contributed by atoms with E-state index >= 15 is 4.39 Å². The van der Waals surface area contributed by atoms with E-state index in [1.807, 2.05) is 9.47 Å². The second-order valence-electron chi connectivity index (χ2n) is 8.02. The number of nitrogens with zero attached hydrogens (tertiary/aromatic N) is 6. The van der Waals surface area contributed by atoms with Gasteiger partial charge in [-0.3, -0.25) is 0 Å². The van der Waals surface area contributed by atoms with Crippen molar-refractivity contribution in [2.24, 2.45) is 0 Å². The minimum absolute atomic E-state index is 0. The highest BCUT2D eigenvalue weighted by atomic mass is 35.5. The summed E-state index contributed by atoms with van der Waals surface area (Å²) in [6.07, 6.45) is 4.25. The molecule has 3 aromatic heterocycles. The summed E-state index contributed by atoms with van der Waals surface area (Å²) in [7, 11) is 0. The first-order valence-electron chi connectivity index (χ1n) is 10.5. The van der Waals surface area contributed by atoms with Gasteiger partial charge in [0.15, 0.2) is 5.82 Å². The Labute approximate surface area is 198 Å². The Morgan fingerprint density at radius 1 is 1.21 bits per heavy atom. The maximum Gasteiger partial charge on any atom is 0.335 e. The first-order chi connectivity index (χ1) is 15.9. The largest absolute Gasteiger partial charge is 0.478 e. The third-order valence-electron chi connectivity index (χ3n) is 5.96. The van der Waals surface area contributed by atoms with Crippen molar-refractivity contribution in [2.75, 3.05) is 18.0 Å². The molecule has 0 bridgehead atoms. The number of halogens is 3. The first kappa shape index (κ1) is 23.6.